The van der Waals surface area contributed by atoms with Gasteiger partial charge in [-0.25, -0.2) is 4.98 Å². The average molecular weight is 292 g/mol. The van der Waals surface area contributed by atoms with E-state index in [1.54, 1.807) is 5.38 Å². The van der Waals surface area contributed by atoms with Crippen LogP contribution >= 0.6 is 22.7 Å². The number of fused-ring (bicyclic) bond motifs is 1. The number of nitrogen functional groups attached to an aromatic ring is 1. The molecule has 0 spiro atoms. The van der Waals surface area contributed by atoms with Crippen LogP contribution < -0.4 is 5.73 Å². The smallest absolute Gasteiger partial charge is 0.375 e. The summed E-state index contributed by atoms with van der Waals surface area (Å²) in [6, 6.07) is 0. The third kappa shape index (κ3) is 1.71. The molecule has 3 aromatic heterocycles. The molecule has 3 aromatic rings. The zero-order chi connectivity index (χ0) is 12.9. The van der Waals surface area contributed by atoms with Crippen molar-refractivity contribution in [1.29, 1.82) is 0 Å². The van der Waals surface area contributed by atoms with E-state index in [1.165, 1.54) is 11.3 Å². The van der Waals surface area contributed by atoms with Crippen molar-refractivity contribution in [3.63, 3.8) is 0 Å². The van der Waals surface area contributed by atoms with Crippen molar-refractivity contribution in [2.45, 2.75) is 6.18 Å². The SMILES string of the molecule is Nc1nc(-c2nn3c(C(F)(F)F)nnc3s2)cs1. The minimum atomic E-state index is -4.59. The van der Waals surface area contributed by atoms with Gasteiger partial charge in [-0.05, 0) is 0 Å². The molecule has 11 heteroatoms. The Morgan fingerprint density at radius 2 is 2.06 bits per heavy atom. The average Bonchev–Trinajstić information content (AvgIpc) is 2.87. The molecule has 0 saturated carbocycles. The maximum atomic E-state index is 12.6. The largest absolute Gasteiger partial charge is 0.453 e. The van der Waals surface area contributed by atoms with E-state index in [2.05, 4.69) is 20.3 Å². The predicted molar refractivity (Wildman–Crippen MR) is 59.2 cm³/mol. The third-order valence-corrected chi connectivity index (χ3v) is 3.58. The molecule has 0 aliphatic heterocycles. The Kier molecular flexibility index (Phi) is 2.28. The van der Waals surface area contributed by atoms with E-state index >= 15 is 0 Å². The van der Waals surface area contributed by atoms with Crippen LogP contribution in [0.2, 0.25) is 0 Å². The molecule has 0 atom stereocenters. The summed E-state index contributed by atoms with van der Waals surface area (Å²) in [5.74, 6) is -1.15. The molecule has 0 aliphatic carbocycles. The van der Waals surface area contributed by atoms with Gasteiger partial charge >= 0.3 is 6.18 Å². The summed E-state index contributed by atoms with van der Waals surface area (Å²) in [5.41, 5.74) is 5.89. The molecular formula is C7H3F3N6S2. The monoisotopic (exact) mass is 292 g/mol. The van der Waals surface area contributed by atoms with Gasteiger partial charge in [-0.15, -0.1) is 21.5 Å². The first-order valence-electron chi connectivity index (χ1n) is 4.46. The van der Waals surface area contributed by atoms with Crippen molar-refractivity contribution in [3.05, 3.63) is 11.2 Å². The lowest BCUT2D eigenvalue weighted by atomic mass is 10.5. The van der Waals surface area contributed by atoms with Crippen LogP contribution in [0.15, 0.2) is 5.38 Å². The van der Waals surface area contributed by atoms with Gasteiger partial charge in [-0.2, -0.15) is 22.8 Å². The molecule has 0 fully saturated rings. The van der Waals surface area contributed by atoms with Crippen LogP contribution in [0.5, 0.6) is 0 Å². The van der Waals surface area contributed by atoms with E-state index < -0.39 is 12.0 Å². The number of halogens is 3. The summed E-state index contributed by atoms with van der Waals surface area (Å²) in [5, 5.41) is 12.6. The lowest BCUT2D eigenvalue weighted by Gasteiger charge is -1.99. The summed E-state index contributed by atoms with van der Waals surface area (Å²) >= 11 is 2.15. The Balaban J connectivity index is 2.15. The fraction of sp³-hybridized carbons (Fsp3) is 0.143. The zero-order valence-electron chi connectivity index (χ0n) is 8.34. The molecular weight excluding hydrogens is 289 g/mol. The molecule has 0 aromatic carbocycles. The van der Waals surface area contributed by atoms with E-state index in [-0.39, 0.29) is 4.96 Å². The highest BCUT2D eigenvalue weighted by atomic mass is 32.1. The van der Waals surface area contributed by atoms with Crippen LogP contribution in [0.3, 0.4) is 0 Å². The molecule has 18 heavy (non-hydrogen) atoms. The number of anilines is 1. The number of nitrogens with two attached hydrogens (primary N) is 1. The van der Waals surface area contributed by atoms with Crippen molar-refractivity contribution >= 4 is 32.8 Å². The van der Waals surface area contributed by atoms with E-state index in [1.807, 2.05) is 0 Å². The molecule has 0 aliphatic rings. The quantitative estimate of drug-likeness (QED) is 0.741. The molecule has 0 amide bonds. The van der Waals surface area contributed by atoms with Crippen LogP contribution in [0.1, 0.15) is 5.82 Å². The Hall–Kier alpha value is -1.75. The van der Waals surface area contributed by atoms with Gasteiger partial charge in [-0.3, -0.25) is 0 Å². The summed E-state index contributed by atoms with van der Waals surface area (Å²) in [6.45, 7) is 0. The number of hydrogen-bond acceptors (Lipinski definition) is 7. The zero-order valence-corrected chi connectivity index (χ0v) is 9.97. The van der Waals surface area contributed by atoms with Gasteiger partial charge in [0.15, 0.2) is 10.1 Å². The van der Waals surface area contributed by atoms with Gasteiger partial charge < -0.3 is 5.73 Å². The molecule has 6 nitrogen and oxygen atoms in total. The normalized spacial score (nSPS) is 12.4. The predicted octanol–water partition coefficient (Wildman–Crippen LogP) is 1.91. The van der Waals surface area contributed by atoms with Crippen LogP contribution in [-0.2, 0) is 6.18 Å². The van der Waals surface area contributed by atoms with Crippen LogP contribution in [-0.4, -0.2) is 24.8 Å². The van der Waals surface area contributed by atoms with Crippen LogP contribution in [0.25, 0.3) is 15.7 Å². The van der Waals surface area contributed by atoms with Gasteiger partial charge in [0, 0.05) is 5.38 Å². The van der Waals surface area contributed by atoms with E-state index in [0.29, 0.717) is 20.3 Å². The summed E-state index contributed by atoms with van der Waals surface area (Å²) in [6.07, 6.45) is -4.59. The second kappa shape index (κ2) is 3.62. The van der Waals surface area contributed by atoms with Crippen molar-refractivity contribution in [1.82, 2.24) is 24.8 Å². The molecule has 2 N–H and O–H groups in total. The number of thiazole rings is 1. The lowest BCUT2D eigenvalue weighted by molar-refractivity contribution is -0.146. The molecule has 0 unspecified atom stereocenters. The summed E-state index contributed by atoms with van der Waals surface area (Å²) in [4.78, 5) is 4.01. The third-order valence-electron chi connectivity index (χ3n) is 1.99. The first-order chi connectivity index (χ1) is 8.45. The fourth-order valence-corrected chi connectivity index (χ4v) is 2.71. The Bertz CT molecular complexity index is 710. The van der Waals surface area contributed by atoms with Gasteiger partial charge in [0.05, 0.1) is 0 Å². The molecule has 94 valence electrons. The number of aromatic nitrogens is 5. The standard InChI is InChI=1S/C7H3F3N6S2/c8-7(9,10)4-13-14-6-16(4)15-3(18-6)2-1-17-5(11)12-2/h1H,(H2,11,12). The highest BCUT2D eigenvalue weighted by Crippen LogP contribution is 2.32. The molecule has 0 saturated heterocycles. The topological polar surface area (TPSA) is 82.0 Å². The highest BCUT2D eigenvalue weighted by Gasteiger charge is 2.38. The second-order valence-corrected chi connectivity index (χ2v) is 5.04. The Morgan fingerprint density at radius 3 is 2.67 bits per heavy atom. The molecule has 3 rings (SSSR count). The highest BCUT2D eigenvalue weighted by molar-refractivity contribution is 7.20. The molecule has 0 radical (unpaired) electrons. The molecule has 3 heterocycles. The number of rotatable bonds is 1. The minimum absolute atomic E-state index is 0.0592. The van der Waals surface area contributed by atoms with Gasteiger partial charge in [0.1, 0.15) is 5.69 Å². The van der Waals surface area contributed by atoms with Gasteiger partial charge in [0.25, 0.3) is 5.82 Å². The first kappa shape index (κ1) is 11.3. The second-order valence-electron chi connectivity index (χ2n) is 3.19. The van der Waals surface area contributed by atoms with Crippen molar-refractivity contribution in [2.24, 2.45) is 0 Å². The molecule has 0 bridgehead atoms. The number of hydrogen-bond donors (Lipinski definition) is 1. The number of nitrogens with zero attached hydrogens (tertiary/aromatic N) is 5. The maximum Gasteiger partial charge on any atom is 0.453 e. The Morgan fingerprint density at radius 1 is 1.28 bits per heavy atom. The van der Waals surface area contributed by atoms with Crippen molar-refractivity contribution in [3.8, 4) is 10.7 Å². The van der Waals surface area contributed by atoms with E-state index in [0.717, 1.165) is 11.3 Å². The number of alkyl halides is 3. The lowest BCUT2D eigenvalue weighted by Crippen LogP contribution is -2.11. The van der Waals surface area contributed by atoms with E-state index in [4.69, 9.17) is 5.73 Å². The Labute approximate surface area is 105 Å². The van der Waals surface area contributed by atoms with Gasteiger partial charge in [-0.1, -0.05) is 11.3 Å². The van der Waals surface area contributed by atoms with Crippen molar-refractivity contribution < 1.29 is 13.2 Å². The van der Waals surface area contributed by atoms with Crippen molar-refractivity contribution in [2.75, 3.05) is 5.73 Å². The summed E-state index contributed by atoms with van der Waals surface area (Å²) < 4.78 is 38.4. The van der Waals surface area contributed by atoms with E-state index in [9.17, 15) is 13.2 Å². The van der Waals surface area contributed by atoms with Crippen LogP contribution in [0.4, 0.5) is 18.3 Å². The summed E-state index contributed by atoms with van der Waals surface area (Å²) in [7, 11) is 0. The van der Waals surface area contributed by atoms with Gasteiger partial charge in [0.2, 0.25) is 4.96 Å². The maximum absolute atomic E-state index is 12.6. The first-order valence-corrected chi connectivity index (χ1v) is 6.15. The van der Waals surface area contributed by atoms with Crippen LogP contribution in [0, 0.1) is 0 Å². The fourth-order valence-electron chi connectivity index (χ4n) is 1.28. The minimum Gasteiger partial charge on any atom is -0.375 e.